The highest BCUT2D eigenvalue weighted by molar-refractivity contribution is 7.89. The van der Waals surface area contributed by atoms with Gasteiger partial charge in [0.1, 0.15) is 0 Å². The Morgan fingerprint density at radius 2 is 1.81 bits per heavy atom. The van der Waals surface area contributed by atoms with Gasteiger partial charge in [-0.3, -0.25) is 0 Å². The van der Waals surface area contributed by atoms with Crippen molar-refractivity contribution in [3.8, 4) is 0 Å². The first-order valence-electron chi connectivity index (χ1n) is 7.17. The Balaban J connectivity index is 0.00000400. The average Bonchev–Trinajstić information content (AvgIpc) is 2.42. The van der Waals surface area contributed by atoms with Gasteiger partial charge < -0.3 is 5.73 Å². The number of nitrogens with zero attached hydrogens (tertiary/aromatic N) is 1. The molecule has 2 N–H and O–H groups in total. The highest BCUT2D eigenvalue weighted by atomic mass is 35.5. The van der Waals surface area contributed by atoms with Crippen molar-refractivity contribution in [2.45, 2.75) is 33.2 Å². The van der Waals surface area contributed by atoms with Gasteiger partial charge in [0.25, 0.3) is 0 Å². The fraction of sp³-hybridized carbons (Fsp3) is 0.600. The summed E-state index contributed by atoms with van der Waals surface area (Å²) in [5, 5.41) is 0. The van der Waals surface area contributed by atoms with E-state index in [1.165, 1.54) is 0 Å². The summed E-state index contributed by atoms with van der Waals surface area (Å²) in [6.45, 7) is 5.51. The van der Waals surface area contributed by atoms with Crippen molar-refractivity contribution >= 4 is 22.4 Å². The van der Waals surface area contributed by atoms with Crippen LogP contribution in [0.1, 0.15) is 32.3 Å². The van der Waals surface area contributed by atoms with Gasteiger partial charge in [-0.05, 0) is 30.9 Å². The summed E-state index contributed by atoms with van der Waals surface area (Å²) >= 11 is 0. The summed E-state index contributed by atoms with van der Waals surface area (Å²) in [6, 6.07) is 9.69. The van der Waals surface area contributed by atoms with Crippen LogP contribution < -0.4 is 5.73 Å². The van der Waals surface area contributed by atoms with Crippen LogP contribution in [0.15, 0.2) is 30.3 Å². The molecule has 0 heterocycles. The lowest BCUT2D eigenvalue weighted by Crippen LogP contribution is -2.34. The maximum absolute atomic E-state index is 12.4. The molecule has 4 nitrogen and oxygen atoms in total. The van der Waals surface area contributed by atoms with E-state index in [4.69, 9.17) is 5.73 Å². The van der Waals surface area contributed by atoms with Crippen LogP contribution >= 0.6 is 12.4 Å². The van der Waals surface area contributed by atoms with Gasteiger partial charge in [-0.1, -0.05) is 44.2 Å². The topological polar surface area (TPSA) is 63.4 Å². The van der Waals surface area contributed by atoms with E-state index in [2.05, 4.69) is 0 Å². The zero-order chi connectivity index (χ0) is 15.0. The summed E-state index contributed by atoms with van der Waals surface area (Å²) in [5.41, 5.74) is 6.53. The molecule has 0 fully saturated rings. The van der Waals surface area contributed by atoms with Gasteiger partial charge in [0.2, 0.25) is 10.0 Å². The lowest BCUT2D eigenvalue weighted by molar-refractivity contribution is 0.399. The highest BCUT2D eigenvalue weighted by Crippen LogP contribution is 2.13. The second-order valence-corrected chi connectivity index (χ2v) is 7.55. The number of rotatable bonds is 9. The third kappa shape index (κ3) is 7.81. The third-order valence-electron chi connectivity index (χ3n) is 3.16. The van der Waals surface area contributed by atoms with E-state index in [0.717, 1.165) is 5.56 Å². The molecule has 0 aliphatic rings. The molecule has 0 saturated carbocycles. The monoisotopic (exact) mass is 334 g/mol. The van der Waals surface area contributed by atoms with Crippen molar-refractivity contribution < 1.29 is 8.42 Å². The summed E-state index contributed by atoms with van der Waals surface area (Å²) in [7, 11) is -3.21. The number of benzene rings is 1. The molecule has 21 heavy (non-hydrogen) atoms. The molecular weight excluding hydrogens is 308 g/mol. The summed E-state index contributed by atoms with van der Waals surface area (Å²) in [6.07, 6.45) is 1.38. The van der Waals surface area contributed by atoms with E-state index in [9.17, 15) is 8.42 Å². The number of sulfonamides is 1. The second kappa shape index (κ2) is 10.2. The maximum atomic E-state index is 12.4. The van der Waals surface area contributed by atoms with Gasteiger partial charge in [0.15, 0.2) is 0 Å². The van der Waals surface area contributed by atoms with Crippen molar-refractivity contribution in [1.29, 1.82) is 0 Å². The fourth-order valence-corrected chi connectivity index (χ4v) is 3.67. The highest BCUT2D eigenvalue weighted by Gasteiger charge is 2.21. The normalized spacial score (nSPS) is 11.7. The Labute approximate surface area is 135 Å². The van der Waals surface area contributed by atoms with E-state index >= 15 is 0 Å². The van der Waals surface area contributed by atoms with Crippen LogP contribution in [0.3, 0.4) is 0 Å². The predicted molar refractivity (Wildman–Crippen MR) is 91.0 cm³/mol. The van der Waals surface area contributed by atoms with E-state index < -0.39 is 10.0 Å². The van der Waals surface area contributed by atoms with Gasteiger partial charge in [-0.2, -0.15) is 4.31 Å². The minimum atomic E-state index is -3.21. The molecule has 0 saturated heterocycles. The summed E-state index contributed by atoms with van der Waals surface area (Å²) in [4.78, 5) is 0. The second-order valence-electron chi connectivity index (χ2n) is 5.46. The largest absolute Gasteiger partial charge is 0.330 e. The average molecular weight is 335 g/mol. The predicted octanol–water partition coefficient (Wildman–Crippen LogP) is 2.64. The molecule has 0 spiro atoms. The first-order valence-corrected chi connectivity index (χ1v) is 8.78. The molecule has 1 aromatic rings. The summed E-state index contributed by atoms with van der Waals surface area (Å²) < 4.78 is 26.4. The minimum Gasteiger partial charge on any atom is -0.330 e. The van der Waals surface area contributed by atoms with Crippen LogP contribution in [0.4, 0.5) is 0 Å². The van der Waals surface area contributed by atoms with Crippen LogP contribution in [-0.2, 0) is 16.6 Å². The van der Waals surface area contributed by atoms with Gasteiger partial charge in [0.05, 0.1) is 5.75 Å². The zero-order valence-electron chi connectivity index (χ0n) is 12.9. The van der Waals surface area contributed by atoms with Crippen molar-refractivity contribution in [3.05, 3.63) is 35.9 Å². The van der Waals surface area contributed by atoms with Gasteiger partial charge in [-0.25, -0.2) is 8.42 Å². The van der Waals surface area contributed by atoms with E-state index in [1.54, 1.807) is 4.31 Å². The molecule has 1 rings (SSSR count). The first kappa shape index (κ1) is 20.4. The van der Waals surface area contributed by atoms with Crippen molar-refractivity contribution in [3.63, 3.8) is 0 Å². The number of halogens is 1. The Bertz CT molecular complexity index is 478. The summed E-state index contributed by atoms with van der Waals surface area (Å²) in [5.74, 6) is 0.597. The van der Waals surface area contributed by atoms with Crippen LogP contribution in [0.2, 0.25) is 0 Å². The molecule has 0 aromatic heterocycles. The molecular formula is C15H27ClN2O2S. The molecule has 6 heteroatoms. The van der Waals surface area contributed by atoms with Crippen molar-refractivity contribution in [2.24, 2.45) is 11.7 Å². The molecule has 0 atom stereocenters. The van der Waals surface area contributed by atoms with Crippen LogP contribution in [0.25, 0.3) is 0 Å². The lowest BCUT2D eigenvalue weighted by Gasteiger charge is -2.22. The SMILES string of the molecule is CC(C)CCS(=O)(=O)N(CCCN)Cc1ccccc1.Cl. The molecule has 0 radical (unpaired) electrons. The van der Waals surface area contributed by atoms with Gasteiger partial charge in [0, 0.05) is 13.1 Å². The molecule has 0 amide bonds. The molecule has 0 aliphatic carbocycles. The standard InChI is InChI=1S/C15H26N2O2S.ClH/c1-14(2)9-12-20(18,19)17(11-6-10-16)13-15-7-4-3-5-8-15;/h3-5,7-8,14H,6,9-13,16H2,1-2H3;1H. The zero-order valence-corrected chi connectivity index (χ0v) is 14.5. The van der Waals surface area contributed by atoms with Gasteiger partial charge in [-0.15, -0.1) is 12.4 Å². The smallest absolute Gasteiger partial charge is 0.214 e. The minimum absolute atomic E-state index is 0. The first-order chi connectivity index (χ1) is 9.45. The molecule has 0 unspecified atom stereocenters. The fourth-order valence-electron chi connectivity index (χ4n) is 1.88. The maximum Gasteiger partial charge on any atom is 0.214 e. The third-order valence-corrected chi connectivity index (χ3v) is 5.01. The molecule has 0 aliphatic heterocycles. The lowest BCUT2D eigenvalue weighted by atomic mass is 10.2. The molecule has 1 aromatic carbocycles. The van der Waals surface area contributed by atoms with Crippen LogP contribution in [0.5, 0.6) is 0 Å². The van der Waals surface area contributed by atoms with Gasteiger partial charge >= 0.3 is 0 Å². The Hall–Kier alpha value is -0.620. The van der Waals surface area contributed by atoms with Crippen LogP contribution in [0, 0.1) is 5.92 Å². The Morgan fingerprint density at radius 3 is 2.33 bits per heavy atom. The number of nitrogens with two attached hydrogens (primary N) is 1. The number of hydrogen-bond acceptors (Lipinski definition) is 3. The Kier molecular flexibility index (Phi) is 9.86. The van der Waals surface area contributed by atoms with Crippen molar-refractivity contribution in [1.82, 2.24) is 4.31 Å². The molecule has 122 valence electrons. The quantitative estimate of drug-likeness (QED) is 0.755. The Morgan fingerprint density at radius 1 is 1.19 bits per heavy atom. The molecule has 0 bridgehead atoms. The van der Waals surface area contributed by atoms with Crippen molar-refractivity contribution in [2.75, 3.05) is 18.8 Å². The van der Waals surface area contributed by atoms with Crippen LogP contribution in [-0.4, -0.2) is 31.6 Å². The van der Waals surface area contributed by atoms with E-state index in [-0.39, 0.29) is 18.2 Å². The van der Waals surface area contributed by atoms with E-state index in [1.807, 2.05) is 44.2 Å². The van der Waals surface area contributed by atoms with E-state index in [0.29, 0.717) is 38.4 Å². The number of hydrogen-bond donors (Lipinski definition) is 1.